The molecule has 0 unspecified atom stereocenters. The second kappa shape index (κ2) is 8.25. The molecule has 0 aliphatic carbocycles. The van der Waals surface area contributed by atoms with Gasteiger partial charge in [0.2, 0.25) is 5.91 Å². The number of ether oxygens (including phenoxy) is 1. The number of primary amides is 1. The van der Waals surface area contributed by atoms with E-state index in [9.17, 15) is 9.59 Å². The van der Waals surface area contributed by atoms with Crippen LogP contribution in [0, 0.1) is 6.92 Å². The maximum absolute atomic E-state index is 12.7. The molecule has 0 radical (unpaired) electrons. The molecular formula is C23H24N2O3S. The number of fused-ring (bicyclic) bond motifs is 1. The molecule has 1 aliphatic rings. The Hall–Kier alpha value is -2.86. The van der Waals surface area contributed by atoms with Gasteiger partial charge in [-0.05, 0) is 42.0 Å². The summed E-state index contributed by atoms with van der Waals surface area (Å²) >= 11 is 1.44. The van der Waals surface area contributed by atoms with Crippen LogP contribution in [0.15, 0.2) is 48.5 Å². The van der Waals surface area contributed by atoms with Crippen LogP contribution in [0.25, 0.3) is 10.1 Å². The third-order valence-electron chi connectivity index (χ3n) is 5.47. The molecular weight excluding hydrogens is 384 g/mol. The van der Waals surface area contributed by atoms with Crippen molar-refractivity contribution in [2.24, 2.45) is 5.73 Å². The average Bonchev–Trinajstić information content (AvgIpc) is 3.34. The van der Waals surface area contributed by atoms with Crippen molar-refractivity contribution in [2.45, 2.75) is 25.7 Å². The maximum atomic E-state index is 12.7. The molecule has 1 saturated heterocycles. The van der Waals surface area contributed by atoms with E-state index >= 15 is 0 Å². The minimum absolute atomic E-state index is 0.0845. The van der Waals surface area contributed by atoms with Gasteiger partial charge in [-0.1, -0.05) is 36.4 Å². The van der Waals surface area contributed by atoms with E-state index < -0.39 is 5.91 Å². The molecule has 0 spiro atoms. The lowest BCUT2D eigenvalue weighted by molar-refractivity contribution is -0.130. The predicted octanol–water partition coefficient (Wildman–Crippen LogP) is 4.09. The van der Waals surface area contributed by atoms with E-state index in [1.165, 1.54) is 11.3 Å². The van der Waals surface area contributed by atoms with Crippen LogP contribution in [-0.2, 0) is 4.79 Å². The highest BCUT2D eigenvalue weighted by molar-refractivity contribution is 7.21. The third-order valence-corrected chi connectivity index (χ3v) is 6.68. The lowest BCUT2D eigenvalue weighted by atomic mass is 9.95. The van der Waals surface area contributed by atoms with Crippen LogP contribution in [0.5, 0.6) is 5.75 Å². The number of carbonyl (C=O) groups excluding carboxylic acids is 2. The van der Waals surface area contributed by atoms with Crippen LogP contribution in [-0.4, -0.2) is 36.4 Å². The number of rotatable bonds is 6. The van der Waals surface area contributed by atoms with Crippen molar-refractivity contribution < 1.29 is 14.3 Å². The minimum atomic E-state index is -0.391. The van der Waals surface area contributed by atoms with Crippen molar-refractivity contribution >= 4 is 33.2 Å². The number of likely N-dealkylation sites (tertiary alicyclic amines) is 1. The van der Waals surface area contributed by atoms with E-state index in [1.54, 1.807) is 0 Å². The van der Waals surface area contributed by atoms with Gasteiger partial charge in [0, 0.05) is 23.7 Å². The van der Waals surface area contributed by atoms with Crippen LogP contribution in [0.3, 0.4) is 0 Å². The first-order valence-electron chi connectivity index (χ1n) is 9.82. The van der Waals surface area contributed by atoms with Crippen LogP contribution in [0.4, 0.5) is 0 Å². The van der Waals surface area contributed by atoms with Gasteiger partial charge < -0.3 is 15.4 Å². The van der Waals surface area contributed by atoms with Crippen molar-refractivity contribution in [1.29, 1.82) is 0 Å². The molecule has 29 heavy (non-hydrogen) atoms. The fraction of sp³-hybridized carbons (Fsp3) is 0.304. The van der Waals surface area contributed by atoms with Gasteiger partial charge in [-0.2, -0.15) is 0 Å². The summed E-state index contributed by atoms with van der Waals surface area (Å²) in [7, 11) is 0. The second-order valence-electron chi connectivity index (χ2n) is 7.39. The molecule has 0 saturated carbocycles. The Morgan fingerprint density at radius 3 is 2.72 bits per heavy atom. The summed E-state index contributed by atoms with van der Waals surface area (Å²) < 4.78 is 6.83. The number of nitrogens with two attached hydrogens (primary N) is 1. The van der Waals surface area contributed by atoms with Crippen molar-refractivity contribution in [3.8, 4) is 5.75 Å². The van der Waals surface area contributed by atoms with E-state index in [1.807, 2.05) is 60.4 Å². The van der Waals surface area contributed by atoms with Gasteiger partial charge in [0.15, 0.2) is 0 Å². The molecule has 2 aromatic carbocycles. The van der Waals surface area contributed by atoms with Crippen molar-refractivity contribution in [1.82, 2.24) is 4.90 Å². The van der Waals surface area contributed by atoms with Crippen LogP contribution in [0.2, 0.25) is 0 Å². The first-order chi connectivity index (χ1) is 14.0. The number of thiophene rings is 1. The molecule has 3 aromatic rings. The quantitative estimate of drug-likeness (QED) is 0.668. The van der Waals surface area contributed by atoms with Gasteiger partial charge in [0.1, 0.15) is 5.75 Å². The van der Waals surface area contributed by atoms with E-state index in [0.29, 0.717) is 31.0 Å². The number of para-hydroxylation sites is 1. The highest BCUT2D eigenvalue weighted by Crippen LogP contribution is 2.40. The first kappa shape index (κ1) is 19.5. The second-order valence-corrected chi connectivity index (χ2v) is 8.45. The molecule has 2 N–H and O–H groups in total. The van der Waals surface area contributed by atoms with Gasteiger partial charge >= 0.3 is 0 Å². The van der Waals surface area contributed by atoms with Crippen molar-refractivity contribution in [3.63, 3.8) is 0 Å². The Morgan fingerprint density at radius 2 is 1.93 bits per heavy atom. The highest BCUT2D eigenvalue weighted by Gasteiger charge is 2.31. The Kier molecular flexibility index (Phi) is 5.53. The summed E-state index contributed by atoms with van der Waals surface area (Å²) in [5.74, 6) is 0.643. The molecule has 1 aromatic heterocycles. The standard InChI is InChI=1S/C23H24N2O3S/c1-15-6-2-4-8-18(15)28-13-11-20(26)25-12-10-16(14-25)21-17-7-3-5-9-19(17)29-22(21)23(24)27/h2-9,16H,10-14H2,1H3,(H2,24,27)/t16-/m1/s1. The summed E-state index contributed by atoms with van der Waals surface area (Å²) in [4.78, 5) is 27.2. The predicted molar refractivity (Wildman–Crippen MR) is 116 cm³/mol. The third kappa shape index (κ3) is 3.98. The van der Waals surface area contributed by atoms with E-state index in [4.69, 9.17) is 10.5 Å². The highest BCUT2D eigenvalue weighted by atomic mass is 32.1. The largest absolute Gasteiger partial charge is 0.493 e. The number of benzene rings is 2. The zero-order valence-corrected chi connectivity index (χ0v) is 17.2. The fourth-order valence-corrected chi connectivity index (χ4v) is 5.14. The van der Waals surface area contributed by atoms with Crippen LogP contribution in [0.1, 0.15) is 39.6 Å². The van der Waals surface area contributed by atoms with E-state index in [0.717, 1.165) is 33.4 Å². The maximum Gasteiger partial charge on any atom is 0.259 e. The number of carbonyl (C=O) groups is 2. The fourth-order valence-electron chi connectivity index (χ4n) is 4.00. The molecule has 5 nitrogen and oxygen atoms in total. The van der Waals surface area contributed by atoms with Gasteiger partial charge in [0.25, 0.3) is 5.91 Å². The Bertz CT molecular complexity index is 1060. The number of hydrogen-bond acceptors (Lipinski definition) is 4. The molecule has 6 heteroatoms. The zero-order valence-electron chi connectivity index (χ0n) is 16.4. The van der Waals surface area contributed by atoms with Gasteiger partial charge in [-0.3, -0.25) is 9.59 Å². The van der Waals surface area contributed by atoms with Crippen LogP contribution < -0.4 is 10.5 Å². The molecule has 4 rings (SSSR count). The zero-order chi connectivity index (χ0) is 20.4. The lowest BCUT2D eigenvalue weighted by Gasteiger charge is -2.17. The number of hydrogen-bond donors (Lipinski definition) is 1. The number of amides is 2. The van der Waals surface area contributed by atoms with Gasteiger partial charge in [0.05, 0.1) is 17.9 Å². The minimum Gasteiger partial charge on any atom is -0.493 e. The summed E-state index contributed by atoms with van der Waals surface area (Å²) in [6.07, 6.45) is 1.18. The summed E-state index contributed by atoms with van der Waals surface area (Å²) in [6, 6.07) is 15.8. The van der Waals surface area contributed by atoms with E-state index in [2.05, 4.69) is 0 Å². The number of nitrogens with zero attached hydrogens (tertiary/aromatic N) is 1. The SMILES string of the molecule is Cc1ccccc1OCCC(=O)N1CC[C@@H](c2c(C(N)=O)sc3ccccc23)C1. The summed E-state index contributed by atoms with van der Waals surface area (Å²) in [5, 5.41) is 1.08. The Balaban J connectivity index is 1.42. The average molecular weight is 409 g/mol. The number of aryl methyl sites for hydroxylation is 1. The Labute approximate surface area is 174 Å². The van der Waals surface area contributed by atoms with Crippen LogP contribution >= 0.6 is 11.3 Å². The molecule has 150 valence electrons. The van der Waals surface area contributed by atoms with Gasteiger partial charge in [-0.15, -0.1) is 11.3 Å². The molecule has 0 bridgehead atoms. The molecule has 1 fully saturated rings. The van der Waals surface area contributed by atoms with Gasteiger partial charge in [-0.25, -0.2) is 0 Å². The topological polar surface area (TPSA) is 72.6 Å². The normalized spacial score (nSPS) is 16.3. The summed E-state index contributed by atoms with van der Waals surface area (Å²) in [6.45, 7) is 3.66. The van der Waals surface area contributed by atoms with Crippen molar-refractivity contribution in [3.05, 3.63) is 64.5 Å². The Morgan fingerprint density at radius 1 is 1.17 bits per heavy atom. The molecule has 1 aliphatic heterocycles. The smallest absolute Gasteiger partial charge is 0.259 e. The monoisotopic (exact) mass is 408 g/mol. The molecule has 2 amide bonds. The first-order valence-corrected chi connectivity index (χ1v) is 10.6. The lowest BCUT2D eigenvalue weighted by Crippen LogP contribution is -2.29. The molecule has 1 atom stereocenters. The van der Waals surface area contributed by atoms with E-state index in [-0.39, 0.29) is 11.8 Å². The summed E-state index contributed by atoms with van der Waals surface area (Å²) in [5.41, 5.74) is 7.71. The van der Waals surface area contributed by atoms with Crippen molar-refractivity contribution in [2.75, 3.05) is 19.7 Å². The molecule has 2 heterocycles.